The Bertz CT molecular complexity index is 1110. The average Bonchev–Trinajstić information content (AvgIpc) is 3.28. The van der Waals surface area contributed by atoms with Crippen LogP contribution in [0.15, 0.2) is 42.9 Å². The van der Waals surface area contributed by atoms with E-state index in [9.17, 15) is 4.79 Å². The van der Waals surface area contributed by atoms with Gasteiger partial charge in [-0.15, -0.1) is 0 Å². The van der Waals surface area contributed by atoms with Gasteiger partial charge in [0.15, 0.2) is 0 Å². The number of carbonyl (C=O) groups excluding carboxylic acids is 1. The lowest BCUT2D eigenvalue weighted by atomic mass is 9.87. The Morgan fingerprint density at radius 3 is 2.61 bits per heavy atom. The second-order valence-corrected chi connectivity index (χ2v) is 7.76. The predicted octanol–water partition coefficient (Wildman–Crippen LogP) is 4.43. The molecule has 8 nitrogen and oxygen atoms in total. The maximum absolute atomic E-state index is 11.7. The summed E-state index contributed by atoms with van der Waals surface area (Å²) in [6.07, 6.45) is 9.27. The van der Waals surface area contributed by atoms with Gasteiger partial charge < -0.3 is 10.1 Å². The van der Waals surface area contributed by atoms with E-state index in [1.807, 2.05) is 29.9 Å². The Morgan fingerprint density at radius 2 is 1.94 bits per heavy atom. The van der Waals surface area contributed by atoms with Gasteiger partial charge in [0.05, 0.1) is 42.4 Å². The van der Waals surface area contributed by atoms with Gasteiger partial charge >= 0.3 is 5.97 Å². The zero-order chi connectivity index (χ0) is 21.8. The van der Waals surface area contributed by atoms with Gasteiger partial charge in [0, 0.05) is 23.9 Å². The van der Waals surface area contributed by atoms with E-state index >= 15 is 0 Å². The Morgan fingerprint density at radius 1 is 1.19 bits per heavy atom. The number of anilines is 2. The molecule has 1 aromatic carbocycles. The van der Waals surface area contributed by atoms with Gasteiger partial charge in [-0.1, -0.05) is 12.1 Å². The Hall–Kier alpha value is -3.73. The first-order valence-electron chi connectivity index (χ1n) is 10.3. The van der Waals surface area contributed by atoms with Crippen molar-refractivity contribution in [3.05, 3.63) is 54.0 Å². The van der Waals surface area contributed by atoms with Crippen LogP contribution in [0.2, 0.25) is 0 Å². The fraction of sp³-hybridized carbons (Fsp3) is 0.348. The minimum absolute atomic E-state index is 0.172. The Balaban J connectivity index is 1.49. The second kappa shape index (κ2) is 8.96. The zero-order valence-corrected chi connectivity index (χ0v) is 17.6. The monoisotopic (exact) mass is 416 g/mol. The highest BCUT2D eigenvalue weighted by atomic mass is 16.5. The summed E-state index contributed by atoms with van der Waals surface area (Å²) in [5.41, 5.74) is 3.92. The first kappa shape index (κ1) is 20.5. The number of hydrogen-bond acceptors (Lipinski definition) is 7. The van der Waals surface area contributed by atoms with Gasteiger partial charge in [-0.05, 0) is 50.3 Å². The van der Waals surface area contributed by atoms with E-state index in [0.717, 1.165) is 48.2 Å². The highest BCUT2D eigenvalue weighted by molar-refractivity contribution is 5.89. The molecule has 0 aliphatic heterocycles. The zero-order valence-electron chi connectivity index (χ0n) is 17.6. The molecule has 1 aliphatic rings. The van der Waals surface area contributed by atoms with E-state index in [-0.39, 0.29) is 11.9 Å². The average molecular weight is 416 g/mol. The summed E-state index contributed by atoms with van der Waals surface area (Å²) in [4.78, 5) is 20.7. The van der Waals surface area contributed by atoms with Crippen molar-refractivity contribution < 1.29 is 9.53 Å². The minimum atomic E-state index is -0.369. The molecular weight excluding hydrogens is 392 g/mol. The number of nitrogens with one attached hydrogen (secondary N) is 1. The van der Waals surface area contributed by atoms with E-state index in [1.165, 1.54) is 7.11 Å². The standard InChI is InChI=1S/C23H24N6O2/c1-15-12-25-23(28-21(15)17-5-7-18(8-6-17)22(30)31-2)27-19-13-26-29(14-19)20-9-3-16(11-24)4-10-20/h5-8,12-14,16,20H,3-4,9-10H2,1-2H3,(H,25,27,28). The van der Waals surface area contributed by atoms with E-state index < -0.39 is 0 Å². The first-order chi connectivity index (χ1) is 15.1. The van der Waals surface area contributed by atoms with Crippen molar-refractivity contribution in [3.8, 4) is 17.3 Å². The van der Waals surface area contributed by atoms with Crippen LogP contribution in [0.5, 0.6) is 0 Å². The number of nitrogens with zero attached hydrogens (tertiary/aromatic N) is 5. The molecule has 0 unspecified atom stereocenters. The fourth-order valence-corrected chi connectivity index (χ4v) is 3.88. The maximum Gasteiger partial charge on any atom is 0.337 e. The van der Waals surface area contributed by atoms with E-state index in [2.05, 4.69) is 26.5 Å². The molecule has 0 atom stereocenters. The number of carbonyl (C=O) groups is 1. The van der Waals surface area contributed by atoms with Crippen molar-refractivity contribution in [2.75, 3.05) is 12.4 Å². The van der Waals surface area contributed by atoms with E-state index in [1.54, 1.807) is 24.5 Å². The van der Waals surface area contributed by atoms with Gasteiger partial charge in [-0.2, -0.15) is 10.4 Å². The first-order valence-corrected chi connectivity index (χ1v) is 10.3. The molecule has 0 saturated heterocycles. The molecule has 1 fully saturated rings. The summed E-state index contributed by atoms with van der Waals surface area (Å²) in [7, 11) is 1.36. The number of aryl methyl sites for hydroxylation is 1. The summed E-state index contributed by atoms with van der Waals surface area (Å²) < 4.78 is 6.72. The summed E-state index contributed by atoms with van der Waals surface area (Å²) in [5, 5.41) is 16.8. The number of benzene rings is 1. The van der Waals surface area contributed by atoms with Crippen LogP contribution in [0.1, 0.15) is 47.6 Å². The molecule has 1 aliphatic carbocycles. The van der Waals surface area contributed by atoms with Crippen molar-refractivity contribution in [2.45, 2.75) is 38.6 Å². The topological polar surface area (TPSA) is 106 Å². The van der Waals surface area contributed by atoms with Crippen molar-refractivity contribution in [2.24, 2.45) is 5.92 Å². The van der Waals surface area contributed by atoms with Crippen LogP contribution in [-0.4, -0.2) is 32.8 Å². The number of aromatic nitrogens is 4. The number of methoxy groups -OCH3 is 1. The van der Waals surface area contributed by atoms with Crippen molar-refractivity contribution in [1.29, 1.82) is 5.26 Å². The van der Waals surface area contributed by atoms with Gasteiger partial charge in [-0.3, -0.25) is 4.68 Å². The SMILES string of the molecule is COC(=O)c1ccc(-c2nc(Nc3cnn(C4CCC(C#N)CC4)c3)ncc2C)cc1. The number of esters is 1. The minimum Gasteiger partial charge on any atom is -0.465 e. The second-order valence-electron chi connectivity index (χ2n) is 7.76. The lowest BCUT2D eigenvalue weighted by Gasteiger charge is -2.24. The van der Waals surface area contributed by atoms with Gasteiger partial charge in [0.1, 0.15) is 0 Å². The van der Waals surface area contributed by atoms with Crippen LogP contribution in [0.3, 0.4) is 0 Å². The van der Waals surface area contributed by atoms with Crippen LogP contribution >= 0.6 is 0 Å². The van der Waals surface area contributed by atoms with Crippen LogP contribution < -0.4 is 5.32 Å². The lowest BCUT2D eigenvalue weighted by molar-refractivity contribution is 0.0600. The molecule has 4 rings (SSSR count). The molecule has 1 saturated carbocycles. The molecule has 0 radical (unpaired) electrons. The summed E-state index contributed by atoms with van der Waals surface area (Å²) in [6, 6.07) is 9.83. The van der Waals surface area contributed by atoms with Gasteiger partial charge in [0.2, 0.25) is 5.95 Å². The Labute approximate surface area is 180 Å². The third-order valence-corrected chi connectivity index (χ3v) is 5.66. The summed E-state index contributed by atoms with van der Waals surface area (Å²) in [6.45, 7) is 1.95. The molecule has 0 spiro atoms. The van der Waals surface area contributed by atoms with Crippen molar-refractivity contribution >= 4 is 17.6 Å². The third-order valence-electron chi connectivity index (χ3n) is 5.66. The molecule has 1 N–H and O–H groups in total. The fourth-order valence-electron chi connectivity index (χ4n) is 3.88. The quantitative estimate of drug-likeness (QED) is 0.613. The van der Waals surface area contributed by atoms with Gasteiger partial charge in [0.25, 0.3) is 0 Å². The van der Waals surface area contributed by atoms with Crippen LogP contribution in [0.25, 0.3) is 11.3 Å². The molecule has 3 aromatic rings. The molecule has 0 amide bonds. The maximum atomic E-state index is 11.7. The van der Waals surface area contributed by atoms with Crippen molar-refractivity contribution in [1.82, 2.24) is 19.7 Å². The molecule has 31 heavy (non-hydrogen) atoms. The summed E-state index contributed by atoms with van der Waals surface area (Å²) >= 11 is 0. The molecular formula is C23H24N6O2. The third kappa shape index (κ3) is 4.56. The lowest BCUT2D eigenvalue weighted by Crippen LogP contribution is -2.17. The van der Waals surface area contributed by atoms with Crippen LogP contribution in [-0.2, 0) is 4.74 Å². The number of rotatable bonds is 5. The molecule has 0 bridgehead atoms. The highest BCUT2D eigenvalue weighted by Gasteiger charge is 2.22. The predicted molar refractivity (Wildman–Crippen MR) is 116 cm³/mol. The van der Waals surface area contributed by atoms with E-state index in [4.69, 9.17) is 10.00 Å². The smallest absolute Gasteiger partial charge is 0.337 e. The summed E-state index contributed by atoms with van der Waals surface area (Å²) in [5.74, 6) is 0.280. The van der Waals surface area contributed by atoms with Crippen LogP contribution in [0, 0.1) is 24.2 Å². The molecule has 2 heterocycles. The molecule has 158 valence electrons. The molecule has 2 aromatic heterocycles. The largest absolute Gasteiger partial charge is 0.465 e. The van der Waals surface area contributed by atoms with E-state index in [0.29, 0.717) is 17.6 Å². The van der Waals surface area contributed by atoms with Gasteiger partial charge in [-0.25, -0.2) is 14.8 Å². The van der Waals surface area contributed by atoms with Crippen molar-refractivity contribution in [3.63, 3.8) is 0 Å². The highest BCUT2D eigenvalue weighted by Crippen LogP contribution is 2.32. The Kier molecular flexibility index (Phi) is 5.94. The number of nitriles is 1. The number of ether oxygens (including phenoxy) is 1. The normalized spacial score (nSPS) is 18.2. The van der Waals surface area contributed by atoms with Crippen LogP contribution in [0.4, 0.5) is 11.6 Å². The number of hydrogen-bond donors (Lipinski definition) is 1. The molecule has 8 heteroatoms.